The molecule has 0 aromatic heterocycles. The minimum absolute atomic E-state index is 0.346. The summed E-state index contributed by atoms with van der Waals surface area (Å²) < 4.78 is 4.65. The Balaban J connectivity index is 0.00000135. The molecule has 4 heteroatoms. The molecule has 29 heavy (non-hydrogen) atoms. The summed E-state index contributed by atoms with van der Waals surface area (Å²) in [6, 6.07) is 0. The van der Waals surface area contributed by atoms with Crippen molar-refractivity contribution < 1.29 is 14.6 Å². The highest BCUT2D eigenvalue weighted by molar-refractivity contribution is 5.66. The van der Waals surface area contributed by atoms with Gasteiger partial charge in [-0.15, -0.1) is 0 Å². The lowest BCUT2D eigenvalue weighted by molar-refractivity contribution is -0.137. The number of hydrogen-bond donors (Lipinski definition) is 1. The van der Waals surface area contributed by atoms with E-state index in [0.29, 0.717) is 6.42 Å². The first kappa shape index (κ1) is 27.9. The summed E-state index contributed by atoms with van der Waals surface area (Å²) >= 11 is 0. The molecule has 4 nitrogen and oxygen atoms in total. The van der Waals surface area contributed by atoms with Gasteiger partial charge in [-0.25, -0.2) is 0 Å². The summed E-state index contributed by atoms with van der Waals surface area (Å²) in [5.41, 5.74) is 0. The van der Waals surface area contributed by atoms with Crippen molar-refractivity contribution in [2.45, 2.75) is 135 Å². The number of ether oxygens (including phenoxy) is 1. The van der Waals surface area contributed by atoms with Crippen LogP contribution in [0.25, 0.3) is 0 Å². The van der Waals surface area contributed by atoms with Gasteiger partial charge in [-0.2, -0.15) is 0 Å². The van der Waals surface area contributed by atoms with Gasteiger partial charge in [0.05, 0.1) is 6.54 Å². The molecule has 0 saturated carbocycles. The van der Waals surface area contributed by atoms with Crippen LogP contribution in [-0.4, -0.2) is 30.6 Å². The molecule has 0 fully saturated rings. The first-order chi connectivity index (χ1) is 14.3. The van der Waals surface area contributed by atoms with Gasteiger partial charge in [0.2, 0.25) is 0 Å². The number of hydrogen-bond acceptors (Lipinski definition) is 3. The molecule has 1 aliphatic rings. The summed E-state index contributed by atoms with van der Waals surface area (Å²) in [4.78, 5) is 14.1. The molecule has 1 heterocycles. The molecular formula is C25H49NO3. The minimum atomic E-state index is -0.651. The van der Waals surface area contributed by atoms with Gasteiger partial charge in [-0.3, -0.25) is 9.79 Å². The van der Waals surface area contributed by atoms with Crippen LogP contribution < -0.4 is 0 Å². The van der Waals surface area contributed by atoms with Gasteiger partial charge in [0.1, 0.15) is 6.61 Å². The van der Waals surface area contributed by atoms with Crippen molar-refractivity contribution >= 4 is 12.4 Å². The Morgan fingerprint density at radius 2 is 1.10 bits per heavy atom. The SMILES string of the molecule is C1=NCCO1.CCCCCCCCCCCCCCCCCCCCCC(=O)O. The monoisotopic (exact) mass is 411 g/mol. The summed E-state index contributed by atoms with van der Waals surface area (Å²) in [5.74, 6) is -0.651. The lowest BCUT2D eigenvalue weighted by atomic mass is 10.0. The Hall–Kier alpha value is -1.06. The molecule has 0 atom stereocenters. The number of carboxylic acids is 1. The standard InChI is InChI=1S/C22H44O2.C3H5NO/c1-2-3-4-5-6-7-8-9-10-11-12-13-14-15-16-17-18-19-20-21-22(23)24;1-2-5-3-4-1/h2-21H2,1H3,(H,23,24);3H,1-2H2. The van der Waals surface area contributed by atoms with Crippen molar-refractivity contribution in [3.63, 3.8) is 0 Å². The van der Waals surface area contributed by atoms with Crippen molar-refractivity contribution in [1.29, 1.82) is 0 Å². The van der Waals surface area contributed by atoms with Crippen molar-refractivity contribution in [1.82, 2.24) is 0 Å². The zero-order chi connectivity index (χ0) is 21.3. The van der Waals surface area contributed by atoms with E-state index in [4.69, 9.17) is 5.11 Å². The molecule has 0 saturated heterocycles. The van der Waals surface area contributed by atoms with E-state index in [1.54, 1.807) is 0 Å². The number of nitrogens with zero attached hydrogens (tertiary/aromatic N) is 1. The summed E-state index contributed by atoms with van der Waals surface area (Å²) in [7, 11) is 0. The molecule has 0 aromatic rings. The molecule has 0 aromatic carbocycles. The Bertz CT molecular complexity index is 352. The second kappa shape index (κ2) is 25.0. The maximum absolute atomic E-state index is 10.4. The zero-order valence-electron chi connectivity index (χ0n) is 19.3. The van der Waals surface area contributed by atoms with Crippen LogP contribution >= 0.6 is 0 Å². The van der Waals surface area contributed by atoms with Gasteiger partial charge in [-0.1, -0.05) is 122 Å². The van der Waals surface area contributed by atoms with Crippen LogP contribution in [-0.2, 0) is 9.53 Å². The molecule has 1 aliphatic heterocycles. The summed E-state index contributed by atoms with van der Waals surface area (Å²) in [6.45, 7) is 3.91. The maximum Gasteiger partial charge on any atom is 0.303 e. The first-order valence-electron chi connectivity index (χ1n) is 12.6. The number of unbranched alkanes of at least 4 members (excludes halogenated alkanes) is 18. The predicted octanol–water partition coefficient (Wildman–Crippen LogP) is 7.94. The van der Waals surface area contributed by atoms with E-state index in [2.05, 4.69) is 16.7 Å². The highest BCUT2D eigenvalue weighted by Crippen LogP contribution is 2.14. The third-order valence-electron chi connectivity index (χ3n) is 5.48. The first-order valence-corrected chi connectivity index (χ1v) is 12.6. The molecule has 0 radical (unpaired) electrons. The van der Waals surface area contributed by atoms with Gasteiger partial charge in [0.15, 0.2) is 6.40 Å². The minimum Gasteiger partial charge on any atom is -0.482 e. The van der Waals surface area contributed by atoms with Crippen LogP contribution in [0.4, 0.5) is 0 Å². The molecule has 0 aliphatic carbocycles. The van der Waals surface area contributed by atoms with E-state index in [0.717, 1.165) is 26.0 Å². The third-order valence-corrected chi connectivity index (χ3v) is 5.48. The lowest BCUT2D eigenvalue weighted by Gasteiger charge is -2.03. The van der Waals surface area contributed by atoms with Crippen molar-refractivity contribution in [3.05, 3.63) is 0 Å². The number of aliphatic carboxylic acids is 1. The van der Waals surface area contributed by atoms with Crippen LogP contribution in [0.1, 0.15) is 135 Å². The normalized spacial score (nSPS) is 12.4. The third kappa shape index (κ3) is 26.9. The smallest absolute Gasteiger partial charge is 0.303 e. The molecule has 0 bridgehead atoms. The van der Waals surface area contributed by atoms with E-state index in [1.807, 2.05) is 0 Å². The molecule has 1 rings (SSSR count). The van der Waals surface area contributed by atoms with Gasteiger partial charge < -0.3 is 9.84 Å². The molecule has 0 unspecified atom stereocenters. The molecule has 0 amide bonds. The lowest BCUT2D eigenvalue weighted by Crippen LogP contribution is -1.93. The molecule has 0 spiro atoms. The Morgan fingerprint density at radius 3 is 1.34 bits per heavy atom. The second-order valence-electron chi connectivity index (χ2n) is 8.39. The fourth-order valence-electron chi connectivity index (χ4n) is 3.62. The van der Waals surface area contributed by atoms with E-state index >= 15 is 0 Å². The van der Waals surface area contributed by atoms with Crippen LogP contribution in [0.3, 0.4) is 0 Å². The average molecular weight is 412 g/mol. The van der Waals surface area contributed by atoms with E-state index in [1.165, 1.54) is 116 Å². The van der Waals surface area contributed by atoms with Crippen LogP contribution in [0.5, 0.6) is 0 Å². The predicted molar refractivity (Wildman–Crippen MR) is 125 cm³/mol. The maximum atomic E-state index is 10.4. The summed E-state index contributed by atoms with van der Waals surface area (Å²) in [5, 5.41) is 8.56. The Labute approximate surface area is 180 Å². The summed E-state index contributed by atoms with van der Waals surface area (Å²) in [6.07, 6.45) is 27.6. The van der Waals surface area contributed by atoms with Crippen molar-refractivity contribution in [3.8, 4) is 0 Å². The highest BCUT2D eigenvalue weighted by atomic mass is 16.5. The number of carboxylic acid groups (broad SMARTS) is 1. The number of aliphatic imine (C=N–C) groups is 1. The van der Waals surface area contributed by atoms with Gasteiger partial charge in [0.25, 0.3) is 0 Å². The van der Waals surface area contributed by atoms with E-state index in [-0.39, 0.29) is 0 Å². The molecule has 1 N–H and O–H groups in total. The number of carbonyl (C=O) groups is 1. The topological polar surface area (TPSA) is 58.9 Å². The van der Waals surface area contributed by atoms with Gasteiger partial charge >= 0.3 is 5.97 Å². The quantitative estimate of drug-likeness (QED) is 0.207. The Kier molecular flexibility index (Phi) is 24.1. The molecule has 172 valence electrons. The molecular weight excluding hydrogens is 362 g/mol. The fourth-order valence-corrected chi connectivity index (χ4v) is 3.62. The average Bonchev–Trinajstić information content (AvgIpc) is 3.30. The zero-order valence-corrected chi connectivity index (χ0v) is 19.3. The van der Waals surface area contributed by atoms with Gasteiger partial charge in [-0.05, 0) is 6.42 Å². The fraction of sp³-hybridized carbons (Fsp3) is 0.920. The van der Waals surface area contributed by atoms with Crippen molar-refractivity contribution in [2.75, 3.05) is 13.2 Å². The highest BCUT2D eigenvalue weighted by Gasteiger charge is 1.97. The Morgan fingerprint density at radius 1 is 0.724 bits per heavy atom. The van der Waals surface area contributed by atoms with Crippen LogP contribution in [0.15, 0.2) is 4.99 Å². The van der Waals surface area contributed by atoms with Crippen molar-refractivity contribution in [2.24, 2.45) is 4.99 Å². The number of rotatable bonds is 20. The van der Waals surface area contributed by atoms with Crippen LogP contribution in [0, 0.1) is 0 Å². The van der Waals surface area contributed by atoms with Gasteiger partial charge in [0, 0.05) is 6.42 Å². The second-order valence-corrected chi connectivity index (χ2v) is 8.39. The largest absolute Gasteiger partial charge is 0.482 e. The van der Waals surface area contributed by atoms with E-state index < -0.39 is 5.97 Å². The van der Waals surface area contributed by atoms with Crippen LogP contribution in [0.2, 0.25) is 0 Å². The van der Waals surface area contributed by atoms with E-state index in [9.17, 15) is 4.79 Å².